The Morgan fingerprint density at radius 2 is 1.28 bits per heavy atom. The highest BCUT2D eigenvalue weighted by Gasteiger charge is 2.80. The zero-order valence-electron chi connectivity index (χ0n) is 24.1. The second-order valence-corrected chi connectivity index (χ2v) is 12.5. The Labute approximate surface area is 262 Å². The van der Waals surface area contributed by atoms with Gasteiger partial charge in [-0.05, 0) is 64.7 Å². The second kappa shape index (κ2) is 9.84. The second-order valence-electron chi connectivity index (χ2n) is 12.5. The van der Waals surface area contributed by atoms with Gasteiger partial charge in [-0.3, -0.25) is 4.79 Å². The molecule has 4 aromatic carbocycles. The molecule has 236 valence electrons. The highest BCUT2D eigenvalue weighted by Crippen LogP contribution is 2.67. The number of aromatic hydroxyl groups is 5. The first-order chi connectivity index (χ1) is 22.0. The Kier molecular flexibility index (Phi) is 6.13. The van der Waals surface area contributed by atoms with Crippen molar-refractivity contribution in [3.63, 3.8) is 0 Å². The van der Waals surface area contributed by atoms with Crippen molar-refractivity contribution in [3.05, 3.63) is 107 Å². The Morgan fingerprint density at radius 1 is 0.696 bits per heavy atom. The molecule has 11 nitrogen and oxygen atoms in total. The van der Waals surface area contributed by atoms with Gasteiger partial charge in [-0.1, -0.05) is 24.3 Å². The molecule has 4 aliphatic rings. The van der Waals surface area contributed by atoms with E-state index < -0.39 is 53.2 Å². The number of ketones is 1. The van der Waals surface area contributed by atoms with Gasteiger partial charge in [-0.2, -0.15) is 0 Å². The van der Waals surface area contributed by atoms with Crippen molar-refractivity contribution in [2.75, 3.05) is 6.61 Å². The quantitative estimate of drug-likeness (QED) is 0.175. The molecule has 3 unspecified atom stereocenters. The van der Waals surface area contributed by atoms with Crippen molar-refractivity contribution in [1.82, 2.24) is 0 Å². The van der Waals surface area contributed by atoms with Crippen molar-refractivity contribution < 1.29 is 54.8 Å². The standard InChI is InChI=1S/C35H30O11/c36-19-5-1-16(2-6-19)32-29(18-9-21(38)11-22(39)10-18)30-24(12-23(40)13-27(30)45-32)31-33(17-3-7-20(37)8-4-17)46-35-25(26(41)15-44-35)14-28(42)34(31,35)43/h1-13,25-26,29,31-33,36-41,43H,14-15H2/t25?,26-,29-,31+,32+,33+,34?,35?/m1/s1. The number of aliphatic hydroxyl groups is 2. The number of ether oxygens (including phenoxy) is 3. The SMILES string of the molecule is O=C1CC2[C@H](O)COC23O[C@@H](c2ccc(O)cc2)[C@H](c2cc(O)cc4c2[C@@H](c2cc(O)cc(O)c2)[C@H](c2ccc(O)cc2)O4)C13O. The minimum absolute atomic E-state index is 0.0102. The fraction of sp³-hybridized carbons (Fsp3) is 0.286. The van der Waals surface area contributed by atoms with E-state index in [1.165, 1.54) is 54.6 Å². The number of Topliss-reactive ketones (excluding diaryl/α,β-unsaturated/α-hetero) is 1. The fourth-order valence-corrected chi connectivity index (χ4v) is 8.03. The molecule has 8 rings (SSSR count). The van der Waals surface area contributed by atoms with Crippen molar-refractivity contribution >= 4 is 5.78 Å². The van der Waals surface area contributed by atoms with Crippen LogP contribution in [-0.4, -0.2) is 65.6 Å². The molecule has 3 fully saturated rings. The minimum atomic E-state index is -2.32. The normalized spacial score (nSPS) is 32.6. The third-order valence-electron chi connectivity index (χ3n) is 9.93. The molecule has 11 heteroatoms. The van der Waals surface area contributed by atoms with Crippen LogP contribution in [0.1, 0.15) is 58.3 Å². The summed E-state index contributed by atoms with van der Waals surface area (Å²) in [5.74, 6) is -5.73. The number of phenols is 5. The van der Waals surface area contributed by atoms with Crippen molar-refractivity contribution in [1.29, 1.82) is 0 Å². The zero-order chi connectivity index (χ0) is 32.1. The molecular weight excluding hydrogens is 596 g/mol. The van der Waals surface area contributed by atoms with Crippen molar-refractivity contribution in [3.8, 4) is 34.5 Å². The molecule has 8 atom stereocenters. The number of carbonyl (C=O) groups is 1. The number of hydrogen-bond donors (Lipinski definition) is 7. The average Bonchev–Trinajstić information content (AvgIpc) is 3.68. The maximum atomic E-state index is 13.9. The zero-order valence-corrected chi connectivity index (χ0v) is 24.1. The largest absolute Gasteiger partial charge is 0.508 e. The number of phenolic OH excluding ortho intramolecular Hbond substituents is 5. The van der Waals surface area contributed by atoms with Gasteiger partial charge < -0.3 is 50.0 Å². The van der Waals surface area contributed by atoms with Crippen LogP contribution in [0.3, 0.4) is 0 Å². The van der Waals surface area contributed by atoms with Gasteiger partial charge in [-0.15, -0.1) is 0 Å². The van der Waals surface area contributed by atoms with Crippen molar-refractivity contribution in [2.45, 2.75) is 48.0 Å². The summed E-state index contributed by atoms with van der Waals surface area (Å²) in [5.41, 5.74) is -0.0135. The molecule has 0 aromatic heterocycles. The third-order valence-corrected chi connectivity index (χ3v) is 9.93. The molecule has 7 N–H and O–H groups in total. The molecule has 3 aliphatic heterocycles. The Hall–Kier alpha value is -4.81. The monoisotopic (exact) mass is 626 g/mol. The molecule has 1 saturated carbocycles. The van der Waals surface area contributed by atoms with E-state index in [4.69, 9.17) is 14.2 Å². The average molecular weight is 627 g/mol. The van der Waals surface area contributed by atoms with Crippen LogP contribution in [-0.2, 0) is 14.3 Å². The van der Waals surface area contributed by atoms with Gasteiger partial charge in [0.25, 0.3) is 0 Å². The molecule has 46 heavy (non-hydrogen) atoms. The molecule has 2 saturated heterocycles. The smallest absolute Gasteiger partial charge is 0.212 e. The number of benzene rings is 4. The summed E-state index contributed by atoms with van der Waals surface area (Å²) < 4.78 is 19.1. The van der Waals surface area contributed by atoms with E-state index in [1.807, 2.05) is 0 Å². The van der Waals surface area contributed by atoms with E-state index in [9.17, 15) is 40.5 Å². The van der Waals surface area contributed by atoms with E-state index in [2.05, 4.69) is 0 Å². The van der Waals surface area contributed by atoms with Gasteiger partial charge >= 0.3 is 0 Å². The van der Waals surface area contributed by atoms with E-state index in [0.29, 0.717) is 27.8 Å². The molecule has 1 spiro atoms. The Balaban J connectivity index is 1.39. The van der Waals surface area contributed by atoms with Gasteiger partial charge in [0, 0.05) is 24.1 Å². The molecule has 0 radical (unpaired) electrons. The number of aliphatic hydroxyl groups excluding tert-OH is 1. The first-order valence-corrected chi connectivity index (χ1v) is 14.9. The fourth-order valence-electron chi connectivity index (χ4n) is 8.03. The van der Waals surface area contributed by atoms with E-state index in [0.717, 1.165) is 0 Å². The summed E-state index contributed by atoms with van der Waals surface area (Å²) in [6.45, 7) is -0.162. The number of hydrogen-bond acceptors (Lipinski definition) is 11. The van der Waals surface area contributed by atoms with E-state index >= 15 is 0 Å². The number of rotatable bonds is 4. The van der Waals surface area contributed by atoms with E-state index in [1.54, 1.807) is 24.3 Å². The Morgan fingerprint density at radius 3 is 1.91 bits per heavy atom. The van der Waals surface area contributed by atoms with Gasteiger partial charge in [0.2, 0.25) is 5.79 Å². The lowest BCUT2D eigenvalue weighted by molar-refractivity contribution is -0.264. The molecule has 1 aliphatic carbocycles. The maximum absolute atomic E-state index is 13.9. The topological polar surface area (TPSA) is 186 Å². The van der Waals surface area contributed by atoms with Crippen LogP contribution in [0.15, 0.2) is 78.9 Å². The van der Waals surface area contributed by atoms with Gasteiger partial charge in [-0.25, -0.2) is 0 Å². The molecule has 0 amide bonds. The van der Waals surface area contributed by atoms with Crippen LogP contribution < -0.4 is 4.74 Å². The molecule has 3 heterocycles. The number of fused-ring (bicyclic) bond motifs is 1. The van der Waals surface area contributed by atoms with Gasteiger partial charge in [0.05, 0.1) is 36.6 Å². The summed E-state index contributed by atoms with van der Waals surface area (Å²) in [7, 11) is 0. The maximum Gasteiger partial charge on any atom is 0.212 e. The summed E-state index contributed by atoms with van der Waals surface area (Å²) >= 11 is 0. The van der Waals surface area contributed by atoms with Crippen LogP contribution in [0.25, 0.3) is 0 Å². The highest BCUT2D eigenvalue weighted by atomic mass is 16.7. The minimum Gasteiger partial charge on any atom is -0.508 e. The number of carbonyl (C=O) groups excluding carboxylic acids is 1. The van der Waals surface area contributed by atoms with Crippen LogP contribution in [0.5, 0.6) is 34.5 Å². The first-order valence-electron chi connectivity index (χ1n) is 14.9. The predicted octanol–water partition coefficient (Wildman–Crippen LogP) is 3.74. The van der Waals surface area contributed by atoms with Crippen LogP contribution in [0.4, 0.5) is 0 Å². The summed E-state index contributed by atoms with van der Waals surface area (Å²) in [4.78, 5) is 13.9. The lowest BCUT2D eigenvalue weighted by Gasteiger charge is -2.35. The summed E-state index contributed by atoms with van der Waals surface area (Å²) in [6.07, 6.45) is -3.13. The third kappa shape index (κ3) is 3.89. The van der Waals surface area contributed by atoms with Crippen LogP contribution in [0.2, 0.25) is 0 Å². The summed E-state index contributed by atoms with van der Waals surface area (Å²) in [5, 5.41) is 75.6. The van der Waals surface area contributed by atoms with Gasteiger partial charge in [0.1, 0.15) is 40.6 Å². The van der Waals surface area contributed by atoms with Gasteiger partial charge in [0.15, 0.2) is 11.4 Å². The highest BCUT2D eigenvalue weighted by molar-refractivity contribution is 5.94. The van der Waals surface area contributed by atoms with Crippen molar-refractivity contribution in [2.24, 2.45) is 5.92 Å². The van der Waals surface area contributed by atoms with Crippen LogP contribution in [0, 0.1) is 5.92 Å². The lowest BCUT2D eigenvalue weighted by atomic mass is 9.71. The van der Waals surface area contributed by atoms with E-state index in [-0.39, 0.29) is 47.5 Å². The first kappa shape index (κ1) is 28.6. The lowest BCUT2D eigenvalue weighted by Crippen LogP contribution is -2.55. The molecule has 0 bridgehead atoms. The van der Waals surface area contributed by atoms with Crippen LogP contribution >= 0.6 is 0 Å². The Bertz CT molecular complexity index is 1850. The molecular formula is C35H30O11. The summed E-state index contributed by atoms with van der Waals surface area (Å²) in [6, 6.07) is 19.4. The molecule has 4 aromatic rings. The predicted molar refractivity (Wildman–Crippen MR) is 159 cm³/mol.